The molecule has 0 aliphatic heterocycles. The molecular formula is C13H8F3NO2. The van der Waals surface area contributed by atoms with Crippen molar-refractivity contribution in [2.24, 2.45) is 0 Å². The summed E-state index contributed by atoms with van der Waals surface area (Å²) in [6.45, 7) is 0. The van der Waals surface area contributed by atoms with Gasteiger partial charge in [0.2, 0.25) is 0 Å². The molecule has 0 spiro atoms. The van der Waals surface area contributed by atoms with E-state index < -0.39 is 17.7 Å². The lowest BCUT2D eigenvalue weighted by Crippen LogP contribution is -2.06. The molecule has 1 aromatic carbocycles. The van der Waals surface area contributed by atoms with E-state index in [1.54, 1.807) is 0 Å². The van der Waals surface area contributed by atoms with E-state index in [9.17, 15) is 18.0 Å². The monoisotopic (exact) mass is 267 g/mol. The van der Waals surface area contributed by atoms with E-state index in [0.717, 1.165) is 18.2 Å². The summed E-state index contributed by atoms with van der Waals surface area (Å²) >= 11 is 0. The zero-order valence-corrected chi connectivity index (χ0v) is 9.48. The number of para-hydroxylation sites is 1. The smallest absolute Gasteiger partial charge is 0.418 e. The quantitative estimate of drug-likeness (QED) is 0.849. The molecule has 0 atom stereocenters. The Morgan fingerprint density at radius 3 is 2.58 bits per heavy atom. The molecule has 1 heterocycles. The minimum absolute atomic E-state index is 0.159. The van der Waals surface area contributed by atoms with Crippen molar-refractivity contribution in [2.75, 3.05) is 0 Å². The first-order chi connectivity index (χ1) is 8.88. The summed E-state index contributed by atoms with van der Waals surface area (Å²) in [7, 11) is 0. The highest BCUT2D eigenvalue weighted by Gasteiger charge is 2.33. The molecule has 0 aliphatic carbocycles. The molecule has 1 N–H and O–H groups in total. The predicted molar refractivity (Wildman–Crippen MR) is 63.4 cm³/mol. The van der Waals surface area contributed by atoms with E-state index >= 15 is 0 Å². The van der Waals surface area contributed by atoms with Gasteiger partial charge in [0.1, 0.15) is 0 Å². The van der Waals surface area contributed by atoms with Crippen LogP contribution in [0.3, 0.4) is 0 Å². The van der Waals surface area contributed by atoms with Gasteiger partial charge in [0.25, 0.3) is 0 Å². The van der Waals surface area contributed by atoms with Gasteiger partial charge >= 0.3 is 12.1 Å². The van der Waals surface area contributed by atoms with Crippen LogP contribution in [0.1, 0.15) is 11.3 Å². The molecule has 0 saturated carbocycles. The summed E-state index contributed by atoms with van der Waals surface area (Å²) in [5.41, 5.74) is -0.871. The highest BCUT2D eigenvalue weighted by atomic mass is 19.4. The van der Waals surface area contributed by atoms with Gasteiger partial charge in [0.15, 0.2) is 0 Å². The first-order valence-electron chi connectivity index (χ1n) is 5.26. The Morgan fingerprint density at radius 2 is 1.95 bits per heavy atom. The van der Waals surface area contributed by atoms with Crippen LogP contribution in [0, 0.1) is 0 Å². The van der Waals surface area contributed by atoms with Crippen molar-refractivity contribution in [1.29, 1.82) is 0 Å². The first-order valence-corrected chi connectivity index (χ1v) is 5.26. The van der Waals surface area contributed by atoms with E-state index in [1.165, 1.54) is 24.3 Å². The van der Waals surface area contributed by atoms with Gasteiger partial charge in [-0.3, -0.25) is 0 Å². The molecular weight excluding hydrogens is 259 g/mol. The Bertz CT molecular complexity index is 662. The van der Waals surface area contributed by atoms with Crippen LogP contribution in [-0.4, -0.2) is 16.1 Å². The standard InChI is InChI=1S/C13H8F3NO2/c14-13(15,16)10-3-1-2-8-4-5-9(17-12(8)10)6-7-11(18)19/h1-7H,(H,18,19)/b7-6+. The number of aliphatic carboxylic acids is 1. The molecule has 0 radical (unpaired) electrons. The molecule has 0 unspecified atom stereocenters. The zero-order valence-electron chi connectivity index (χ0n) is 9.48. The molecule has 2 rings (SSSR count). The minimum Gasteiger partial charge on any atom is -0.478 e. The van der Waals surface area contributed by atoms with Crippen molar-refractivity contribution in [3.8, 4) is 0 Å². The van der Waals surface area contributed by atoms with Gasteiger partial charge in [0, 0.05) is 11.5 Å². The first kappa shape index (κ1) is 13.1. The van der Waals surface area contributed by atoms with Crippen molar-refractivity contribution in [3.05, 3.63) is 47.7 Å². The summed E-state index contributed by atoms with van der Waals surface area (Å²) in [6.07, 6.45) is -2.53. The predicted octanol–water partition coefficient (Wildman–Crippen LogP) is 3.35. The number of pyridine rings is 1. The van der Waals surface area contributed by atoms with E-state index in [2.05, 4.69) is 4.98 Å². The molecule has 19 heavy (non-hydrogen) atoms. The van der Waals surface area contributed by atoms with E-state index in [-0.39, 0.29) is 11.2 Å². The molecule has 2 aromatic rings. The molecule has 3 nitrogen and oxygen atoms in total. The van der Waals surface area contributed by atoms with Gasteiger partial charge in [-0.25, -0.2) is 9.78 Å². The third kappa shape index (κ3) is 2.90. The fraction of sp³-hybridized carbons (Fsp3) is 0.0769. The molecule has 0 bridgehead atoms. The number of carbonyl (C=O) groups is 1. The second-order valence-electron chi connectivity index (χ2n) is 3.78. The number of hydrogen-bond donors (Lipinski definition) is 1. The number of carboxylic acid groups (broad SMARTS) is 1. The highest BCUT2D eigenvalue weighted by Crippen LogP contribution is 2.33. The summed E-state index contributed by atoms with van der Waals surface area (Å²) in [6, 6.07) is 6.70. The Balaban J connectivity index is 2.60. The molecule has 0 amide bonds. The number of alkyl halides is 3. The topological polar surface area (TPSA) is 50.2 Å². The summed E-state index contributed by atoms with van der Waals surface area (Å²) in [4.78, 5) is 14.2. The molecule has 6 heteroatoms. The lowest BCUT2D eigenvalue weighted by atomic mass is 10.1. The van der Waals surface area contributed by atoms with Gasteiger partial charge in [0.05, 0.1) is 16.8 Å². The average Bonchev–Trinajstić information content (AvgIpc) is 2.34. The van der Waals surface area contributed by atoms with Crippen LogP contribution in [0.2, 0.25) is 0 Å². The van der Waals surface area contributed by atoms with Crippen molar-refractivity contribution in [3.63, 3.8) is 0 Å². The van der Waals surface area contributed by atoms with Gasteiger partial charge < -0.3 is 5.11 Å². The van der Waals surface area contributed by atoms with Crippen molar-refractivity contribution < 1.29 is 23.1 Å². The van der Waals surface area contributed by atoms with Gasteiger partial charge in [-0.05, 0) is 18.2 Å². The second kappa shape index (κ2) is 4.72. The number of halogens is 3. The lowest BCUT2D eigenvalue weighted by molar-refractivity contribution is -0.136. The number of carboxylic acids is 1. The van der Waals surface area contributed by atoms with E-state index in [1.807, 2.05) is 0 Å². The summed E-state index contributed by atoms with van der Waals surface area (Å²) < 4.78 is 38.4. The van der Waals surface area contributed by atoms with Gasteiger partial charge in [-0.15, -0.1) is 0 Å². The van der Waals surface area contributed by atoms with Crippen LogP contribution in [0.15, 0.2) is 36.4 Å². The summed E-state index contributed by atoms with van der Waals surface area (Å²) in [5, 5.41) is 8.83. The maximum Gasteiger partial charge on any atom is 0.418 e. The third-order valence-corrected chi connectivity index (χ3v) is 2.44. The van der Waals surface area contributed by atoms with E-state index in [4.69, 9.17) is 5.11 Å². The van der Waals surface area contributed by atoms with Gasteiger partial charge in [-0.1, -0.05) is 18.2 Å². The fourth-order valence-electron chi connectivity index (χ4n) is 1.64. The second-order valence-corrected chi connectivity index (χ2v) is 3.78. The van der Waals surface area contributed by atoms with Crippen LogP contribution in [0.5, 0.6) is 0 Å². The molecule has 1 aromatic heterocycles. The highest BCUT2D eigenvalue weighted by molar-refractivity contribution is 5.87. The van der Waals surface area contributed by atoms with Crippen LogP contribution in [-0.2, 0) is 11.0 Å². The fourth-order valence-corrected chi connectivity index (χ4v) is 1.64. The zero-order chi connectivity index (χ0) is 14.0. The number of aromatic nitrogens is 1. The van der Waals surface area contributed by atoms with Crippen LogP contribution < -0.4 is 0 Å². The Kier molecular flexibility index (Phi) is 3.25. The number of nitrogens with zero attached hydrogens (tertiary/aromatic N) is 1. The Morgan fingerprint density at radius 1 is 1.21 bits per heavy atom. The number of fused-ring (bicyclic) bond motifs is 1. The SMILES string of the molecule is O=C(O)/C=C/c1ccc2cccc(C(F)(F)F)c2n1. The minimum atomic E-state index is -4.50. The number of hydrogen-bond acceptors (Lipinski definition) is 2. The van der Waals surface area contributed by atoms with E-state index in [0.29, 0.717) is 5.39 Å². The van der Waals surface area contributed by atoms with Gasteiger partial charge in [-0.2, -0.15) is 13.2 Å². The lowest BCUT2D eigenvalue weighted by Gasteiger charge is -2.09. The maximum absolute atomic E-state index is 12.8. The van der Waals surface area contributed by atoms with Crippen molar-refractivity contribution in [1.82, 2.24) is 4.98 Å². The molecule has 0 saturated heterocycles. The van der Waals surface area contributed by atoms with Crippen LogP contribution in [0.25, 0.3) is 17.0 Å². The van der Waals surface area contributed by atoms with Crippen LogP contribution >= 0.6 is 0 Å². The maximum atomic E-state index is 12.8. The number of benzene rings is 1. The largest absolute Gasteiger partial charge is 0.478 e. The molecule has 0 aliphatic rings. The van der Waals surface area contributed by atoms with Crippen molar-refractivity contribution in [2.45, 2.75) is 6.18 Å². The number of rotatable bonds is 2. The average molecular weight is 267 g/mol. The molecule has 98 valence electrons. The third-order valence-electron chi connectivity index (χ3n) is 2.44. The summed E-state index contributed by atoms with van der Waals surface area (Å²) in [5.74, 6) is -1.19. The van der Waals surface area contributed by atoms with Crippen molar-refractivity contribution >= 4 is 22.9 Å². The Labute approximate surface area is 106 Å². The Hall–Kier alpha value is -2.37. The molecule has 0 fully saturated rings. The van der Waals surface area contributed by atoms with Crippen LogP contribution in [0.4, 0.5) is 13.2 Å². The normalized spacial score (nSPS) is 12.2.